The van der Waals surface area contributed by atoms with Crippen molar-refractivity contribution < 1.29 is 23.8 Å². The number of rotatable bonds is 4. The summed E-state index contributed by atoms with van der Waals surface area (Å²) in [7, 11) is 0. The van der Waals surface area contributed by atoms with Gasteiger partial charge in [0.05, 0.1) is 12.7 Å². The van der Waals surface area contributed by atoms with Crippen molar-refractivity contribution in [3.63, 3.8) is 0 Å². The maximum atomic E-state index is 14.3. The largest absolute Gasteiger partial charge is 0.394 e. The lowest BCUT2D eigenvalue weighted by Crippen LogP contribution is -2.42. The molecule has 1 saturated heterocycles. The summed E-state index contributed by atoms with van der Waals surface area (Å²) < 4.78 is 27.9. The number of nitrogens with zero attached hydrogens (tertiary/aromatic N) is 1. The Balaban J connectivity index is 1.60. The monoisotopic (exact) mass is 411 g/mol. The lowest BCUT2D eigenvalue weighted by atomic mass is 9.91. The van der Waals surface area contributed by atoms with Crippen LogP contribution in [-0.2, 0) is 0 Å². The van der Waals surface area contributed by atoms with Crippen molar-refractivity contribution >= 4 is 16.7 Å². The lowest BCUT2D eigenvalue weighted by Gasteiger charge is -2.33. The molecule has 0 spiro atoms. The van der Waals surface area contributed by atoms with Gasteiger partial charge in [-0.05, 0) is 65.4 Å². The minimum absolute atomic E-state index is 0.000578. The van der Waals surface area contributed by atoms with Gasteiger partial charge in [-0.15, -0.1) is 0 Å². The Morgan fingerprint density at radius 2 is 1.80 bits per heavy atom. The van der Waals surface area contributed by atoms with Crippen molar-refractivity contribution in [1.82, 2.24) is 4.90 Å². The van der Waals surface area contributed by atoms with Crippen LogP contribution >= 0.6 is 0 Å². The highest BCUT2D eigenvalue weighted by Crippen LogP contribution is 2.32. The van der Waals surface area contributed by atoms with E-state index in [4.69, 9.17) is 5.11 Å². The van der Waals surface area contributed by atoms with E-state index in [0.717, 1.165) is 22.9 Å². The van der Waals surface area contributed by atoms with Crippen molar-refractivity contribution in [2.75, 3.05) is 19.7 Å². The second-order valence-corrected chi connectivity index (χ2v) is 7.75. The van der Waals surface area contributed by atoms with E-state index in [1.165, 1.54) is 6.07 Å². The molecule has 4 rings (SSSR count). The van der Waals surface area contributed by atoms with Crippen LogP contribution in [0, 0.1) is 17.6 Å². The molecule has 1 unspecified atom stereocenters. The average molecular weight is 411 g/mol. The highest BCUT2D eigenvalue weighted by atomic mass is 19.1. The molecule has 3 aromatic carbocycles. The summed E-state index contributed by atoms with van der Waals surface area (Å²) in [5, 5.41) is 20.4. The van der Waals surface area contributed by atoms with Crippen LogP contribution in [-0.4, -0.2) is 46.8 Å². The fourth-order valence-corrected chi connectivity index (χ4v) is 4.17. The Hall–Kier alpha value is -2.83. The molecule has 4 nitrogen and oxygen atoms in total. The fourth-order valence-electron chi connectivity index (χ4n) is 4.17. The maximum Gasteiger partial charge on any atom is 0.253 e. The number of amides is 1. The number of aliphatic hydroxyl groups is 2. The highest BCUT2D eigenvalue weighted by Gasteiger charge is 2.27. The third kappa shape index (κ3) is 3.93. The molecule has 0 radical (unpaired) electrons. The Morgan fingerprint density at radius 1 is 1.03 bits per heavy atom. The number of carbonyl (C=O) groups excluding carboxylic acids is 1. The molecule has 0 aliphatic carbocycles. The first-order chi connectivity index (χ1) is 14.5. The van der Waals surface area contributed by atoms with Gasteiger partial charge in [0.15, 0.2) is 0 Å². The number of aliphatic hydroxyl groups excluding tert-OH is 2. The Morgan fingerprint density at radius 3 is 2.53 bits per heavy atom. The zero-order valence-electron chi connectivity index (χ0n) is 16.4. The van der Waals surface area contributed by atoms with E-state index in [0.29, 0.717) is 37.1 Å². The van der Waals surface area contributed by atoms with Crippen LogP contribution in [0.5, 0.6) is 0 Å². The van der Waals surface area contributed by atoms with Crippen molar-refractivity contribution in [3.8, 4) is 11.1 Å². The van der Waals surface area contributed by atoms with Gasteiger partial charge in [0, 0.05) is 24.2 Å². The number of benzene rings is 3. The summed E-state index contributed by atoms with van der Waals surface area (Å²) in [5.41, 5.74) is 1.28. The van der Waals surface area contributed by atoms with Crippen LogP contribution < -0.4 is 0 Å². The second kappa shape index (κ2) is 8.50. The first-order valence-electron chi connectivity index (χ1n) is 10.0. The van der Waals surface area contributed by atoms with Crippen LogP contribution in [0.25, 0.3) is 21.9 Å². The minimum Gasteiger partial charge on any atom is -0.394 e. The molecular formula is C24H23F2NO3. The van der Waals surface area contributed by atoms with Gasteiger partial charge in [-0.3, -0.25) is 4.79 Å². The summed E-state index contributed by atoms with van der Waals surface area (Å²) >= 11 is 0. The number of hydrogen-bond donors (Lipinski definition) is 2. The molecule has 3 aromatic rings. The van der Waals surface area contributed by atoms with E-state index in [1.807, 2.05) is 6.07 Å². The molecule has 0 saturated carbocycles. The van der Waals surface area contributed by atoms with Crippen molar-refractivity contribution in [1.29, 1.82) is 0 Å². The van der Waals surface area contributed by atoms with Gasteiger partial charge in [0.1, 0.15) is 11.6 Å². The molecule has 1 amide bonds. The van der Waals surface area contributed by atoms with Gasteiger partial charge in [-0.1, -0.05) is 24.3 Å². The molecule has 1 fully saturated rings. The zero-order chi connectivity index (χ0) is 21.3. The first-order valence-corrected chi connectivity index (χ1v) is 10.0. The zero-order valence-corrected chi connectivity index (χ0v) is 16.4. The third-order valence-electron chi connectivity index (χ3n) is 5.90. The predicted molar refractivity (Wildman–Crippen MR) is 111 cm³/mol. The summed E-state index contributed by atoms with van der Waals surface area (Å²) in [4.78, 5) is 14.7. The number of hydrogen-bond acceptors (Lipinski definition) is 3. The normalized spacial score (nSPS) is 16.1. The summed E-state index contributed by atoms with van der Waals surface area (Å²) in [6.07, 6.45) is 0.540. The molecule has 0 aromatic heterocycles. The molecule has 1 atom stereocenters. The van der Waals surface area contributed by atoms with E-state index in [1.54, 1.807) is 35.2 Å². The molecule has 1 aliphatic heterocycles. The lowest BCUT2D eigenvalue weighted by molar-refractivity contribution is 0.0179. The van der Waals surface area contributed by atoms with Crippen molar-refractivity contribution in [2.45, 2.75) is 18.9 Å². The van der Waals surface area contributed by atoms with E-state index in [9.17, 15) is 18.7 Å². The minimum atomic E-state index is -0.746. The van der Waals surface area contributed by atoms with Crippen LogP contribution in [0.4, 0.5) is 8.78 Å². The smallest absolute Gasteiger partial charge is 0.253 e. The van der Waals surface area contributed by atoms with E-state index in [2.05, 4.69) is 0 Å². The SMILES string of the molecule is O=C(c1ccc2c(-c3cc(F)ccc3F)cccc2c1)N1CCC(C(O)CO)CC1. The van der Waals surface area contributed by atoms with Crippen molar-refractivity contribution in [3.05, 3.63) is 71.8 Å². The standard InChI is InChI=1S/C24H23F2NO3/c25-18-5-7-22(26)21(13-18)20-3-1-2-16-12-17(4-6-19(16)20)24(30)27-10-8-15(9-11-27)23(29)14-28/h1-7,12-13,15,23,28-29H,8-11,14H2. The maximum absolute atomic E-state index is 14.3. The summed E-state index contributed by atoms with van der Waals surface area (Å²) in [6, 6.07) is 14.0. The van der Waals surface area contributed by atoms with Gasteiger partial charge in [-0.25, -0.2) is 8.78 Å². The molecule has 6 heteroatoms. The van der Waals surface area contributed by atoms with E-state index in [-0.39, 0.29) is 24.0 Å². The van der Waals surface area contributed by atoms with E-state index >= 15 is 0 Å². The Bertz CT molecular complexity index is 1080. The van der Waals surface area contributed by atoms with E-state index < -0.39 is 17.7 Å². The van der Waals surface area contributed by atoms with Gasteiger partial charge in [0.2, 0.25) is 0 Å². The number of halogens is 2. The predicted octanol–water partition coefficient (Wildman–Crippen LogP) is 3.99. The molecule has 156 valence electrons. The Labute approximate surface area is 173 Å². The number of carbonyl (C=O) groups is 1. The van der Waals surface area contributed by atoms with Gasteiger partial charge in [0.25, 0.3) is 5.91 Å². The Kier molecular flexibility index (Phi) is 5.79. The molecular weight excluding hydrogens is 388 g/mol. The van der Waals surface area contributed by atoms with Crippen molar-refractivity contribution in [2.24, 2.45) is 5.92 Å². The first kappa shape index (κ1) is 20.4. The number of piperidine rings is 1. The van der Waals surface area contributed by atoms with Crippen LogP contribution in [0.2, 0.25) is 0 Å². The second-order valence-electron chi connectivity index (χ2n) is 7.75. The molecule has 1 heterocycles. The summed E-state index contributed by atoms with van der Waals surface area (Å²) in [6.45, 7) is 0.776. The van der Waals surface area contributed by atoms with Gasteiger partial charge < -0.3 is 15.1 Å². The van der Waals surface area contributed by atoms with Gasteiger partial charge >= 0.3 is 0 Å². The quantitative estimate of drug-likeness (QED) is 0.683. The third-order valence-corrected chi connectivity index (χ3v) is 5.90. The molecule has 0 bridgehead atoms. The van der Waals surface area contributed by atoms with Crippen LogP contribution in [0.3, 0.4) is 0 Å². The average Bonchev–Trinajstić information content (AvgIpc) is 2.79. The number of likely N-dealkylation sites (tertiary alicyclic amines) is 1. The number of fused-ring (bicyclic) bond motifs is 1. The topological polar surface area (TPSA) is 60.8 Å². The fraction of sp³-hybridized carbons (Fsp3) is 0.292. The summed E-state index contributed by atoms with van der Waals surface area (Å²) in [5.74, 6) is -1.11. The highest BCUT2D eigenvalue weighted by molar-refractivity contribution is 6.02. The van der Waals surface area contributed by atoms with Crippen LogP contribution in [0.1, 0.15) is 23.2 Å². The molecule has 30 heavy (non-hydrogen) atoms. The van der Waals surface area contributed by atoms with Crippen LogP contribution in [0.15, 0.2) is 54.6 Å². The molecule has 2 N–H and O–H groups in total. The molecule has 1 aliphatic rings. The van der Waals surface area contributed by atoms with Gasteiger partial charge in [-0.2, -0.15) is 0 Å².